The number of rotatable bonds is 3. The molecule has 0 spiro atoms. The summed E-state index contributed by atoms with van der Waals surface area (Å²) >= 11 is 0. The van der Waals surface area contributed by atoms with E-state index < -0.39 is 43.3 Å². The zero-order valence-electron chi connectivity index (χ0n) is 12.3. The maximum absolute atomic E-state index is 13.3. The SMILES string of the molecule is N#CC1CC(F)(F)CN1C(=O)CNC(=O)c1cc2ccncc2o1. The van der Waals surface area contributed by atoms with Crippen molar-refractivity contribution in [3.63, 3.8) is 0 Å². The second kappa shape index (κ2) is 5.88. The fraction of sp³-hybridized carbons (Fsp3) is 0.333. The first-order valence-electron chi connectivity index (χ1n) is 7.08. The molecule has 1 aliphatic rings. The second-order valence-corrected chi connectivity index (χ2v) is 5.43. The number of nitriles is 1. The van der Waals surface area contributed by atoms with Gasteiger partial charge in [0.05, 0.1) is 25.4 Å². The summed E-state index contributed by atoms with van der Waals surface area (Å²) in [5.74, 6) is -4.51. The molecule has 0 bridgehead atoms. The van der Waals surface area contributed by atoms with Crippen LogP contribution in [0.3, 0.4) is 0 Å². The van der Waals surface area contributed by atoms with Crippen LogP contribution in [-0.4, -0.2) is 46.8 Å². The van der Waals surface area contributed by atoms with Gasteiger partial charge in [-0.3, -0.25) is 14.6 Å². The molecule has 2 aromatic heterocycles. The van der Waals surface area contributed by atoms with E-state index in [4.69, 9.17) is 9.68 Å². The summed E-state index contributed by atoms with van der Waals surface area (Å²) in [5.41, 5.74) is 0.415. The lowest BCUT2D eigenvalue weighted by Crippen LogP contribution is -2.42. The van der Waals surface area contributed by atoms with Crippen LogP contribution in [0.15, 0.2) is 28.9 Å². The zero-order chi connectivity index (χ0) is 17.3. The van der Waals surface area contributed by atoms with Crippen molar-refractivity contribution in [1.82, 2.24) is 15.2 Å². The van der Waals surface area contributed by atoms with Crippen molar-refractivity contribution in [2.75, 3.05) is 13.1 Å². The highest BCUT2D eigenvalue weighted by molar-refractivity contribution is 5.97. The molecule has 1 saturated heterocycles. The Balaban J connectivity index is 1.63. The molecule has 2 aromatic rings. The fourth-order valence-electron chi connectivity index (χ4n) is 2.54. The third kappa shape index (κ3) is 3.03. The van der Waals surface area contributed by atoms with Gasteiger partial charge < -0.3 is 14.6 Å². The number of carbonyl (C=O) groups is 2. The topological polar surface area (TPSA) is 99.2 Å². The van der Waals surface area contributed by atoms with Gasteiger partial charge in [0.2, 0.25) is 5.91 Å². The summed E-state index contributed by atoms with van der Waals surface area (Å²) in [6, 6.07) is 3.62. The fourth-order valence-corrected chi connectivity index (χ4v) is 2.54. The van der Waals surface area contributed by atoms with E-state index in [1.807, 2.05) is 0 Å². The summed E-state index contributed by atoms with van der Waals surface area (Å²) < 4.78 is 31.9. The van der Waals surface area contributed by atoms with E-state index in [1.165, 1.54) is 12.3 Å². The number of nitrogens with one attached hydrogen (secondary N) is 1. The molecule has 1 fully saturated rings. The predicted molar refractivity (Wildman–Crippen MR) is 77.0 cm³/mol. The molecule has 1 atom stereocenters. The number of likely N-dealkylation sites (tertiary alicyclic amines) is 1. The second-order valence-electron chi connectivity index (χ2n) is 5.43. The van der Waals surface area contributed by atoms with Crippen LogP contribution in [0.4, 0.5) is 8.78 Å². The van der Waals surface area contributed by atoms with Crippen molar-refractivity contribution in [2.45, 2.75) is 18.4 Å². The molecule has 0 radical (unpaired) electrons. The normalized spacial score (nSPS) is 19.2. The van der Waals surface area contributed by atoms with Gasteiger partial charge in [-0.2, -0.15) is 5.26 Å². The molecule has 1 unspecified atom stereocenters. The van der Waals surface area contributed by atoms with Crippen LogP contribution < -0.4 is 5.32 Å². The van der Waals surface area contributed by atoms with Crippen LogP contribution in [0.5, 0.6) is 0 Å². The van der Waals surface area contributed by atoms with Crippen LogP contribution in [0.1, 0.15) is 17.0 Å². The smallest absolute Gasteiger partial charge is 0.287 e. The molecule has 124 valence electrons. The van der Waals surface area contributed by atoms with Gasteiger partial charge in [0.1, 0.15) is 6.04 Å². The maximum atomic E-state index is 13.3. The van der Waals surface area contributed by atoms with Crippen molar-refractivity contribution >= 4 is 22.8 Å². The Labute approximate surface area is 134 Å². The lowest BCUT2D eigenvalue weighted by Gasteiger charge is -2.19. The van der Waals surface area contributed by atoms with Gasteiger partial charge in [0.25, 0.3) is 11.8 Å². The summed E-state index contributed by atoms with van der Waals surface area (Å²) in [7, 11) is 0. The highest BCUT2D eigenvalue weighted by atomic mass is 19.3. The van der Waals surface area contributed by atoms with E-state index in [-0.39, 0.29) is 5.76 Å². The molecule has 9 heteroatoms. The predicted octanol–water partition coefficient (Wildman–Crippen LogP) is 1.32. The number of hydrogen-bond donors (Lipinski definition) is 1. The maximum Gasteiger partial charge on any atom is 0.287 e. The molecule has 0 aliphatic carbocycles. The van der Waals surface area contributed by atoms with Crippen molar-refractivity contribution < 1.29 is 22.8 Å². The summed E-state index contributed by atoms with van der Waals surface area (Å²) in [6.45, 7) is -1.32. The van der Waals surface area contributed by atoms with Crippen molar-refractivity contribution in [2.24, 2.45) is 0 Å². The first kappa shape index (κ1) is 15.9. The number of aromatic nitrogens is 1. The Morgan fingerprint density at radius 3 is 3.04 bits per heavy atom. The molecule has 1 aliphatic heterocycles. The van der Waals surface area contributed by atoms with E-state index in [2.05, 4.69) is 10.3 Å². The average Bonchev–Trinajstić information content (AvgIpc) is 3.12. The van der Waals surface area contributed by atoms with Gasteiger partial charge in [-0.1, -0.05) is 0 Å². The van der Waals surface area contributed by atoms with Crippen LogP contribution >= 0.6 is 0 Å². The highest BCUT2D eigenvalue weighted by Crippen LogP contribution is 2.31. The van der Waals surface area contributed by atoms with Gasteiger partial charge >= 0.3 is 0 Å². The van der Waals surface area contributed by atoms with Gasteiger partial charge in [-0.25, -0.2) is 8.78 Å². The van der Waals surface area contributed by atoms with Gasteiger partial charge in [-0.05, 0) is 12.1 Å². The molecular weight excluding hydrogens is 322 g/mol. The third-order valence-electron chi connectivity index (χ3n) is 3.69. The number of hydrogen-bond acceptors (Lipinski definition) is 5. The van der Waals surface area contributed by atoms with Gasteiger partial charge in [0, 0.05) is 18.0 Å². The summed E-state index contributed by atoms with van der Waals surface area (Å²) in [5, 5.41) is 11.8. The van der Waals surface area contributed by atoms with Crippen molar-refractivity contribution in [3.8, 4) is 6.07 Å². The van der Waals surface area contributed by atoms with Gasteiger partial charge in [-0.15, -0.1) is 0 Å². The number of furan rings is 1. The number of halogens is 2. The summed E-state index contributed by atoms with van der Waals surface area (Å²) in [6.07, 6.45) is 2.29. The highest BCUT2D eigenvalue weighted by Gasteiger charge is 2.47. The number of alkyl halides is 2. The van der Waals surface area contributed by atoms with E-state index in [9.17, 15) is 18.4 Å². The molecule has 2 amide bonds. The Morgan fingerprint density at radius 1 is 1.54 bits per heavy atom. The summed E-state index contributed by atoms with van der Waals surface area (Å²) in [4.78, 5) is 28.6. The molecule has 1 N–H and O–H groups in total. The Kier molecular flexibility index (Phi) is 3.89. The van der Waals surface area contributed by atoms with E-state index in [1.54, 1.807) is 18.3 Å². The Hall–Kier alpha value is -3.02. The van der Waals surface area contributed by atoms with E-state index >= 15 is 0 Å². The largest absolute Gasteiger partial charge is 0.449 e. The molecule has 0 aromatic carbocycles. The molecule has 24 heavy (non-hydrogen) atoms. The zero-order valence-corrected chi connectivity index (χ0v) is 12.3. The Bertz CT molecular complexity index is 810. The number of nitrogens with zero attached hydrogens (tertiary/aromatic N) is 3. The quantitative estimate of drug-likeness (QED) is 0.912. The first-order valence-corrected chi connectivity index (χ1v) is 7.08. The van der Waals surface area contributed by atoms with Crippen LogP contribution in [0.2, 0.25) is 0 Å². The number of pyridine rings is 1. The number of amides is 2. The van der Waals surface area contributed by atoms with E-state index in [0.29, 0.717) is 11.0 Å². The van der Waals surface area contributed by atoms with Crippen LogP contribution in [0.25, 0.3) is 11.0 Å². The minimum Gasteiger partial charge on any atom is -0.449 e. The monoisotopic (exact) mass is 334 g/mol. The molecule has 3 rings (SSSR count). The van der Waals surface area contributed by atoms with E-state index in [0.717, 1.165) is 4.90 Å². The van der Waals surface area contributed by atoms with Crippen molar-refractivity contribution in [3.05, 3.63) is 30.3 Å². The minimum atomic E-state index is -3.09. The average molecular weight is 334 g/mol. The Morgan fingerprint density at radius 2 is 2.33 bits per heavy atom. The third-order valence-corrected chi connectivity index (χ3v) is 3.69. The van der Waals surface area contributed by atoms with Gasteiger partial charge in [0.15, 0.2) is 11.3 Å². The lowest BCUT2D eigenvalue weighted by atomic mass is 10.2. The molecule has 7 nitrogen and oxygen atoms in total. The molecular formula is C15H12F2N4O3. The minimum absolute atomic E-state index is 0.0191. The number of fused-ring (bicyclic) bond motifs is 1. The lowest BCUT2D eigenvalue weighted by molar-refractivity contribution is -0.131. The van der Waals surface area contributed by atoms with Crippen LogP contribution in [0, 0.1) is 11.3 Å². The first-order chi connectivity index (χ1) is 11.4. The molecule has 3 heterocycles. The standard InChI is InChI=1S/C15H12F2N4O3/c16-15(17)4-10(5-18)21(8-15)13(22)7-20-14(23)11-3-9-1-2-19-6-12(9)24-11/h1-3,6,10H,4,7-8H2,(H,20,23). The van der Waals surface area contributed by atoms with Crippen LogP contribution in [-0.2, 0) is 4.79 Å². The number of carbonyl (C=O) groups excluding carboxylic acids is 2. The molecule has 0 saturated carbocycles. The van der Waals surface area contributed by atoms with Crippen molar-refractivity contribution in [1.29, 1.82) is 5.26 Å².